The van der Waals surface area contributed by atoms with E-state index in [4.69, 9.17) is 23.2 Å². The second-order valence-corrected chi connectivity index (χ2v) is 11.8. The molecule has 1 atom stereocenters. The van der Waals surface area contributed by atoms with Gasteiger partial charge in [0, 0.05) is 35.6 Å². The lowest BCUT2D eigenvalue weighted by molar-refractivity contribution is -0.141. The molecule has 0 aliphatic carbocycles. The SMILES string of the molecule is CCC(C(=O)NC(C)C)N(Cc1ccccc1Cl)C(=O)CCCN(c1cc(Cl)ccc1C)S(C)(=O)=O. The molecule has 2 aromatic carbocycles. The van der Waals surface area contributed by atoms with Gasteiger partial charge < -0.3 is 10.2 Å². The third-order valence-corrected chi connectivity index (χ3v) is 7.49. The Labute approximate surface area is 224 Å². The van der Waals surface area contributed by atoms with E-state index in [1.54, 1.807) is 37.3 Å². The van der Waals surface area contributed by atoms with Crippen LogP contribution in [-0.4, -0.2) is 50.0 Å². The summed E-state index contributed by atoms with van der Waals surface area (Å²) in [5, 5.41) is 3.82. The second kappa shape index (κ2) is 13.3. The number of anilines is 1. The van der Waals surface area contributed by atoms with E-state index in [0.29, 0.717) is 22.2 Å². The Balaban J connectivity index is 2.26. The number of sulfonamides is 1. The molecule has 2 aromatic rings. The molecule has 0 aliphatic rings. The predicted molar refractivity (Wildman–Crippen MR) is 147 cm³/mol. The zero-order valence-electron chi connectivity index (χ0n) is 21.4. The minimum absolute atomic E-state index is 0.0571. The summed E-state index contributed by atoms with van der Waals surface area (Å²) in [4.78, 5) is 27.9. The van der Waals surface area contributed by atoms with Crippen molar-refractivity contribution in [3.05, 3.63) is 63.6 Å². The van der Waals surface area contributed by atoms with Crippen LogP contribution in [0.15, 0.2) is 42.5 Å². The third kappa shape index (κ3) is 8.39. The van der Waals surface area contributed by atoms with E-state index in [9.17, 15) is 18.0 Å². The maximum Gasteiger partial charge on any atom is 0.243 e. The van der Waals surface area contributed by atoms with Gasteiger partial charge in [0.25, 0.3) is 0 Å². The Kier molecular flexibility index (Phi) is 11.1. The number of carbonyl (C=O) groups is 2. The topological polar surface area (TPSA) is 86.8 Å². The number of benzene rings is 2. The summed E-state index contributed by atoms with van der Waals surface area (Å²) in [5.41, 5.74) is 1.97. The number of hydrogen-bond donors (Lipinski definition) is 1. The first kappa shape index (κ1) is 29.9. The van der Waals surface area contributed by atoms with Crippen LogP contribution >= 0.6 is 23.2 Å². The number of rotatable bonds is 12. The summed E-state index contributed by atoms with van der Waals surface area (Å²) in [6.45, 7) is 7.65. The van der Waals surface area contributed by atoms with Crippen molar-refractivity contribution in [3.8, 4) is 0 Å². The van der Waals surface area contributed by atoms with Crippen molar-refractivity contribution >= 4 is 50.7 Å². The number of carbonyl (C=O) groups excluding carboxylic acids is 2. The van der Waals surface area contributed by atoms with Crippen LogP contribution in [0.1, 0.15) is 51.2 Å². The number of aryl methyl sites for hydroxylation is 1. The number of halogens is 2. The lowest BCUT2D eigenvalue weighted by atomic mass is 10.1. The summed E-state index contributed by atoms with van der Waals surface area (Å²) >= 11 is 12.5. The molecular weight excluding hydrogens is 521 g/mol. The number of hydrogen-bond acceptors (Lipinski definition) is 4. The third-order valence-electron chi connectivity index (χ3n) is 5.71. The van der Waals surface area contributed by atoms with Crippen LogP contribution in [0.25, 0.3) is 0 Å². The molecule has 0 radical (unpaired) electrons. The minimum Gasteiger partial charge on any atom is -0.352 e. The summed E-state index contributed by atoms with van der Waals surface area (Å²) in [7, 11) is -3.61. The normalized spacial score (nSPS) is 12.3. The van der Waals surface area contributed by atoms with Gasteiger partial charge >= 0.3 is 0 Å². The highest BCUT2D eigenvalue weighted by atomic mass is 35.5. The van der Waals surface area contributed by atoms with E-state index in [0.717, 1.165) is 17.4 Å². The smallest absolute Gasteiger partial charge is 0.243 e. The Morgan fingerprint density at radius 3 is 2.33 bits per heavy atom. The first-order chi connectivity index (χ1) is 16.8. The Hall–Kier alpha value is -2.29. The fourth-order valence-electron chi connectivity index (χ4n) is 3.94. The van der Waals surface area contributed by atoms with E-state index < -0.39 is 16.1 Å². The molecule has 0 spiro atoms. The van der Waals surface area contributed by atoms with Crippen LogP contribution in [0, 0.1) is 6.92 Å². The molecule has 0 saturated heterocycles. The van der Waals surface area contributed by atoms with Gasteiger partial charge in [0.05, 0.1) is 11.9 Å². The lowest BCUT2D eigenvalue weighted by Crippen LogP contribution is -2.50. The van der Waals surface area contributed by atoms with Crippen LogP contribution in [0.3, 0.4) is 0 Å². The maximum atomic E-state index is 13.5. The van der Waals surface area contributed by atoms with Crippen molar-refractivity contribution in [1.29, 1.82) is 0 Å². The molecule has 0 saturated carbocycles. The molecule has 0 aliphatic heterocycles. The summed E-state index contributed by atoms with van der Waals surface area (Å²) in [6, 6.07) is 11.5. The summed E-state index contributed by atoms with van der Waals surface area (Å²) in [6.07, 6.45) is 1.87. The largest absolute Gasteiger partial charge is 0.352 e. The van der Waals surface area contributed by atoms with E-state index >= 15 is 0 Å². The average molecular weight is 557 g/mol. The zero-order valence-corrected chi connectivity index (χ0v) is 23.8. The molecule has 7 nitrogen and oxygen atoms in total. The first-order valence-electron chi connectivity index (χ1n) is 11.9. The summed E-state index contributed by atoms with van der Waals surface area (Å²) < 4.78 is 26.4. The van der Waals surface area contributed by atoms with Gasteiger partial charge in [-0.3, -0.25) is 13.9 Å². The molecular formula is C26H35Cl2N3O4S. The van der Waals surface area contributed by atoms with E-state index in [1.807, 2.05) is 32.9 Å². The first-order valence-corrected chi connectivity index (χ1v) is 14.5. The van der Waals surface area contributed by atoms with Crippen LogP contribution < -0.4 is 9.62 Å². The molecule has 2 amide bonds. The molecule has 198 valence electrons. The van der Waals surface area contributed by atoms with Gasteiger partial charge in [-0.25, -0.2) is 8.42 Å². The Morgan fingerprint density at radius 2 is 1.75 bits per heavy atom. The zero-order chi connectivity index (χ0) is 27.0. The van der Waals surface area contributed by atoms with E-state index in [2.05, 4.69) is 5.32 Å². The van der Waals surface area contributed by atoms with Crippen molar-refractivity contribution in [2.24, 2.45) is 0 Å². The van der Waals surface area contributed by atoms with Crippen LogP contribution in [0.4, 0.5) is 5.69 Å². The Morgan fingerprint density at radius 1 is 1.08 bits per heavy atom. The van der Waals surface area contributed by atoms with Crippen LogP contribution in [0.5, 0.6) is 0 Å². The van der Waals surface area contributed by atoms with Gasteiger partial charge in [-0.1, -0.05) is 54.4 Å². The number of nitrogens with one attached hydrogen (secondary N) is 1. The molecule has 0 bridgehead atoms. The highest BCUT2D eigenvalue weighted by molar-refractivity contribution is 7.92. The minimum atomic E-state index is -3.61. The fourth-order valence-corrected chi connectivity index (χ4v) is 5.32. The Bertz CT molecular complexity index is 1170. The van der Waals surface area contributed by atoms with E-state index in [1.165, 1.54) is 9.21 Å². The van der Waals surface area contributed by atoms with Gasteiger partial charge in [-0.2, -0.15) is 0 Å². The van der Waals surface area contributed by atoms with Gasteiger partial charge in [-0.15, -0.1) is 0 Å². The lowest BCUT2D eigenvalue weighted by Gasteiger charge is -2.32. The van der Waals surface area contributed by atoms with Crippen LogP contribution in [-0.2, 0) is 26.2 Å². The molecule has 0 heterocycles. The molecule has 36 heavy (non-hydrogen) atoms. The van der Waals surface area contributed by atoms with Gasteiger partial charge in [-0.05, 0) is 62.9 Å². The molecule has 1 unspecified atom stereocenters. The summed E-state index contributed by atoms with van der Waals surface area (Å²) in [5.74, 6) is -0.489. The van der Waals surface area contributed by atoms with Gasteiger partial charge in [0.15, 0.2) is 0 Å². The highest BCUT2D eigenvalue weighted by Gasteiger charge is 2.29. The predicted octanol–water partition coefficient (Wildman–Crippen LogP) is 5.18. The van der Waals surface area contributed by atoms with Crippen molar-refractivity contribution in [3.63, 3.8) is 0 Å². The monoisotopic (exact) mass is 555 g/mol. The van der Waals surface area contributed by atoms with Gasteiger partial charge in [0.2, 0.25) is 21.8 Å². The van der Waals surface area contributed by atoms with E-state index in [-0.39, 0.29) is 43.8 Å². The molecule has 0 fully saturated rings. The molecule has 10 heteroatoms. The maximum absolute atomic E-state index is 13.5. The van der Waals surface area contributed by atoms with Crippen molar-refractivity contribution < 1.29 is 18.0 Å². The van der Waals surface area contributed by atoms with Crippen LogP contribution in [0.2, 0.25) is 10.0 Å². The van der Waals surface area contributed by atoms with Crippen molar-refractivity contribution in [2.75, 3.05) is 17.1 Å². The molecule has 0 aromatic heterocycles. The standard InChI is InChI=1S/C26H35Cl2N3O4S/c1-6-23(26(33)29-18(2)3)30(17-20-10-7-8-11-22(20)28)25(32)12-9-15-31(36(5,34)35)24-16-21(27)14-13-19(24)4/h7-8,10-11,13-14,16,18,23H,6,9,12,15,17H2,1-5H3,(H,29,33). The second-order valence-electron chi connectivity index (χ2n) is 9.07. The van der Waals surface area contributed by atoms with Crippen molar-refractivity contribution in [2.45, 2.75) is 65.6 Å². The molecule has 2 rings (SSSR count). The van der Waals surface area contributed by atoms with Gasteiger partial charge in [0.1, 0.15) is 6.04 Å². The van der Waals surface area contributed by atoms with Crippen molar-refractivity contribution in [1.82, 2.24) is 10.2 Å². The fraction of sp³-hybridized carbons (Fsp3) is 0.462. The highest BCUT2D eigenvalue weighted by Crippen LogP contribution is 2.27. The number of nitrogens with zero attached hydrogens (tertiary/aromatic N) is 2. The number of amides is 2. The average Bonchev–Trinajstić information content (AvgIpc) is 2.78. The molecule has 1 N–H and O–H groups in total. The quantitative estimate of drug-likeness (QED) is 0.391.